The van der Waals surface area contributed by atoms with E-state index < -0.39 is 0 Å². The van der Waals surface area contributed by atoms with E-state index in [1.165, 1.54) is 77.0 Å². The van der Waals surface area contributed by atoms with Gasteiger partial charge in [-0.05, 0) is 86.9 Å². The lowest BCUT2D eigenvalue weighted by Crippen LogP contribution is -2.45. The van der Waals surface area contributed by atoms with Crippen molar-refractivity contribution in [3.63, 3.8) is 0 Å². The Morgan fingerprint density at radius 1 is 0.423 bits per heavy atom. The number of ketones is 2. The first-order valence-corrected chi connectivity index (χ1v) is 11.8. The first-order valence-electron chi connectivity index (χ1n) is 11.8. The average Bonchev–Trinajstić information content (AvgIpc) is 3.15. The van der Waals surface area contributed by atoms with Gasteiger partial charge in [0.2, 0.25) is 0 Å². The van der Waals surface area contributed by atoms with E-state index in [9.17, 15) is 9.59 Å². The first kappa shape index (κ1) is 16.3. The van der Waals surface area contributed by atoms with Gasteiger partial charge in [0.1, 0.15) is 11.6 Å². The summed E-state index contributed by atoms with van der Waals surface area (Å²) in [4.78, 5) is 26.7. The van der Waals surface area contributed by atoms with Crippen molar-refractivity contribution >= 4 is 11.6 Å². The predicted molar refractivity (Wildman–Crippen MR) is 100 cm³/mol. The van der Waals surface area contributed by atoms with Gasteiger partial charge in [0.05, 0.1) is 0 Å². The third kappa shape index (κ3) is 2.05. The van der Waals surface area contributed by atoms with Gasteiger partial charge in [-0.2, -0.15) is 0 Å². The minimum Gasteiger partial charge on any atom is -0.299 e. The third-order valence-corrected chi connectivity index (χ3v) is 10.2. The van der Waals surface area contributed by atoms with Crippen molar-refractivity contribution in [2.75, 3.05) is 0 Å². The highest BCUT2D eigenvalue weighted by atomic mass is 16.1. The molecule has 0 heterocycles. The molecular formula is C24H34O2. The number of hydrogen-bond donors (Lipinski definition) is 0. The first-order chi connectivity index (χ1) is 12.8. The highest BCUT2D eigenvalue weighted by molar-refractivity contribution is 5.89. The zero-order valence-electron chi connectivity index (χ0n) is 16.1. The van der Waals surface area contributed by atoms with E-state index in [0.29, 0.717) is 70.7 Å². The molecule has 0 aromatic rings. The van der Waals surface area contributed by atoms with Crippen LogP contribution < -0.4 is 0 Å². The minimum atomic E-state index is 0.346. The second-order valence-corrected chi connectivity index (χ2v) is 10.8. The van der Waals surface area contributed by atoms with Gasteiger partial charge < -0.3 is 0 Å². The molecule has 0 amide bonds. The molecular weight excluding hydrogens is 320 g/mol. The predicted octanol–water partition coefficient (Wildman–Crippen LogP) is 5.05. The van der Waals surface area contributed by atoms with Crippen LogP contribution in [0.1, 0.15) is 77.0 Å². The highest BCUT2D eigenvalue weighted by Crippen LogP contribution is 2.63. The highest BCUT2D eigenvalue weighted by Gasteiger charge is 2.62. The molecule has 0 saturated heterocycles. The van der Waals surface area contributed by atoms with Crippen LogP contribution in [0.4, 0.5) is 0 Å². The maximum absolute atomic E-state index is 13.4. The Morgan fingerprint density at radius 2 is 0.769 bits per heavy atom. The molecule has 0 aromatic heterocycles. The zero-order valence-corrected chi connectivity index (χ0v) is 16.1. The van der Waals surface area contributed by atoms with E-state index in [0.717, 1.165) is 0 Å². The van der Waals surface area contributed by atoms with Crippen LogP contribution in [0.5, 0.6) is 0 Å². The summed E-state index contributed by atoms with van der Waals surface area (Å²) < 4.78 is 0. The summed E-state index contributed by atoms with van der Waals surface area (Å²) in [6.45, 7) is 0. The number of hydrogen-bond acceptors (Lipinski definition) is 2. The van der Waals surface area contributed by atoms with Gasteiger partial charge in [0, 0.05) is 23.7 Å². The van der Waals surface area contributed by atoms with Gasteiger partial charge in [-0.25, -0.2) is 0 Å². The molecule has 10 unspecified atom stereocenters. The maximum atomic E-state index is 13.4. The smallest absolute Gasteiger partial charge is 0.139 e. The maximum Gasteiger partial charge on any atom is 0.139 e. The average molecular weight is 355 g/mol. The lowest BCUT2D eigenvalue weighted by atomic mass is 9.55. The molecule has 2 heteroatoms. The summed E-state index contributed by atoms with van der Waals surface area (Å²) in [6, 6.07) is 0. The number of Topliss-reactive ketones (excluding diaryl/α,β-unsaturated/α-hetero) is 2. The summed E-state index contributed by atoms with van der Waals surface area (Å²) >= 11 is 0. The van der Waals surface area contributed by atoms with Crippen LogP contribution in [-0.2, 0) is 9.59 Å². The van der Waals surface area contributed by atoms with Crippen molar-refractivity contribution in [2.45, 2.75) is 77.0 Å². The normalized spacial score (nSPS) is 55.5. The molecule has 10 atom stereocenters. The van der Waals surface area contributed by atoms with E-state index in [1.807, 2.05) is 0 Å². The van der Waals surface area contributed by atoms with Gasteiger partial charge in [-0.3, -0.25) is 9.59 Å². The largest absolute Gasteiger partial charge is 0.299 e. The van der Waals surface area contributed by atoms with Crippen LogP contribution in [-0.4, -0.2) is 11.6 Å². The Labute approximate surface area is 157 Å². The second-order valence-electron chi connectivity index (χ2n) is 10.8. The van der Waals surface area contributed by atoms with Crippen molar-refractivity contribution in [3.8, 4) is 0 Å². The lowest BCUT2D eigenvalue weighted by Gasteiger charge is -2.48. The number of rotatable bonds is 0. The van der Waals surface area contributed by atoms with Gasteiger partial charge in [-0.15, -0.1) is 0 Å². The van der Waals surface area contributed by atoms with Gasteiger partial charge >= 0.3 is 0 Å². The van der Waals surface area contributed by atoms with E-state index >= 15 is 0 Å². The van der Waals surface area contributed by atoms with E-state index in [4.69, 9.17) is 0 Å². The van der Waals surface area contributed by atoms with E-state index in [1.54, 1.807) is 0 Å². The molecule has 6 fully saturated rings. The van der Waals surface area contributed by atoms with Crippen molar-refractivity contribution in [2.24, 2.45) is 59.2 Å². The Hall–Kier alpha value is -0.660. The van der Waals surface area contributed by atoms with Crippen molar-refractivity contribution in [1.29, 1.82) is 0 Å². The zero-order chi connectivity index (χ0) is 17.4. The topological polar surface area (TPSA) is 34.1 Å². The molecule has 0 aromatic carbocycles. The standard InChI is InChI=1S/C24H34O2/c25-23-19-7-3-1-5-13(19)15-9-11-18-17(21(15)23)12-10-16-14-6-2-4-8-20(14)24(26)22(16)18/h13-22H,1-12H2. The molecule has 0 spiro atoms. The van der Waals surface area contributed by atoms with Gasteiger partial charge in [0.15, 0.2) is 0 Å². The molecule has 0 bridgehead atoms. The Balaban J connectivity index is 1.31. The van der Waals surface area contributed by atoms with Crippen LogP contribution in [0.3, 0.4) is 0 Å². The quantitative estimate of drug-likeness (QED) is 0.610. The lowest BCUT2D eigenvalue weighted by molar-refractivity contribution is -0.135. The third-order valence-electron chi connectivity index (χ3n) is 10.2. The Morgan fingerprint density at radius 3 is 1.19 bits per heavy atom. The molecule has 0 N–H and O–H groups in total. The molecule has 6 aliphatic rings. The summed E-state index contributed by atoms with van der Waals surface area (Å²) in [6.07, 6.45) is 15.2. The molecule has 6 aliphatic carbocycles. The van der Waals surface area contributed by atoms with Crippen molar-refractivity contribution in [1.82, 2.24) is 0 Å². The van der Waals surface area contributed by atoms with Crippen molar-refractivity contribution < 1.29 is 9.59 Å². The minimum absolute atomic E-state index is 0.346. The van der Waals surface area contributed by atoms with E-state index in [-0.39, 0.29) is 0 Å². The van der Waals surface area contributed by atoms with Crippen LogP contribution in [0.2, 0.25) is 0 Å². The Bertz CT molecular complexity index is 570. The molecule has 142 valence electrons. The second kappa shape index (κ2) is 5.92. The molecule has 2 nitrogen and oxygen atoms in total. The molecule has 6 saturated carbocycles. The molecule has 0 aliphatic heterocycles. The van der Waals surface area contributed by atoms with Crippen LogP contribution in [0.25, 0.3) is 0 Å². The van der Waals surface area contributed by atoms with Crippen LogP contribution >= 0.6 is 0 Å². The molecule has 6 rings (SSSR count). The molecule has 26 heavy (non-hydrogen) atoms. The number of fused-ring (bicyclic) bond motifs is 9. The van der Waals surface area contributed by atoms with Gasteiger partial charge in [0.25, 0.3) is 0 Å². The van der Waals surface area contributed by atoms with Crippen LogP contribution in [0.15, 0.2) is 0 Å². The molecule has 0 radical (unpaired) electrons. The fraction of sp³-hybridized carbons (Fsp3) is 0.917. The summed E-state index contributed by atoms with van der Waals surface area (Å²) in [5, 5.41) is 0. The summed E-state index contributed by atoms with van der Waals surface area (Å²) in [5.41, 5.74) is 0. The van der Waals surface area contributed by atoms with Crippen molar-refractivity contribution in [3.05, 3.63) is 0 Å². The number of carbonyl (C=O) groups excluding carboxylic acids is 2. The monoisotopic (exact) mass is 354 g/mol. The summed E-state index contributed by atoms with van der Waals surface area (Å²) in [5.74, 6) is 6.71. The van der Waals surface area contributed by atoms with Crippen LogP contribution in [0, 0.1) is 59.2 Å². The SMILES string of the molecule is O=C1C2CCCCC2C2CCC3C(CCC4C5CCCCC5C(=O)C43)C12. The fourth-order valence-electron chi connectivity index (χ4n) is 9.43. The number of carbonyl (C=O) groups is 2. The summed E-state index contributed by atoms with van der Waals surface area (Å²) in [7, 11) is 0. The van der Waals surface area contributed by atoms with Gasteiger partial charge in [-0.1, -0.05) is 25.7 Å². The van der Waals surface area contributed by atoms with E-state index in [2.05, 4.69) is 0 Å². The Kier molecular flexibility index (Phi) is 3.71. The fourth-order valence-corrected chi connectivity index (χ4v) is 9.43.